The predicted molar refractivity (Wildman–Crippen MR) is 59.2 cm³/mol. The van der Waals surface area contributed by atoms with Gasteiger partial charge in [-0.3, -0.25) is 4.98 Å². The van der Waals surface area contributed by atoms with Crippen molar-refractivity contribution in [3.63, 3.8) is 0 Å². The molecule has 78 valence electrons. The lowest BCUT2D eigenvalue weighted by Crippen LogP contribution is -2.01. The van der Waals surface area contributed by atoms with E-state index in [1.807, 2.05) is 16.7 Å². The maximum atomic E-state index is 5.11. The zero-order valence-electron chi connectivity index (χ0n) is 8.42. The smallest absolute Gasteiger partial charge is 0.162 e. The molecule has 0 fully saturated rings. The van der Waals surface area contributed by atoms with E-state index in [1.54, 1.807) is 12.4 Å². The van der Waals surface area contributed by atoms with Crippen LogP contribution >= 0.6 is 0 Å². The highest BCUT2D eigenvalue weighted by atomic mass is 32.1. The van der Waals surface area contributed by atoms with Crippen molar-refractivity contribution in [3.05, 3.63) is 24.5 Å². The minimum Gasteiger partial charge on any atom is -0.740 e. The second-order valence-electron chi connectivity index (χ2n) is 3.19. The van der Waals surface area contributed by atoms with E-state index in [9.17, 15) is 0 Å². The summed E-state index contributed by atoms with van der Waals surface area (Å²) >= 11 is 5.11. The molecule has 15 heavy (non-hydrogen) atoms. The molecule has 2 rings (SSSR count). The van der Waals surface area contributed by atoms with Gasteiger partial charge in [-0.05, 0) is 18.6 Å². The molecule has 0 aliphatic rings. The fourth-order valence-corrected chi connectivity index (χ4v) is 1.65. The van der Waals surface area contributed by atoms with Crippen LogP contribution in [0.2, 0.25) is 0 Å². The Kier molecular flexibility index (Phi) is 2.91. The molecule has 0 spiro atoms. The lowest BCUT2D eigenvalue weighted by Gasteiger charge is -2.11. The van der Waals surface area contributed by atoms with Crippen molar-refractivity contribution in [2.45, 2.75) is 25.0 Å². The normalized spacial score (nSPS) is 10.5. The van der Waals surface area contributed by atoms with E-state index < -0.39 is 0 Å². The first kappa shape index (κ1) is 10.0. The summed E-state index contributed by atoms with van der Waals surface area (Å²) in [5, 5.41) is 8.55. The second kappa shape index (κ2) is 4.35. The van der Waals surface area contributed by atoms with Crippen LogP contribution in [0.15, 0.2) is 29.7 Å². The predicted octanol–water partition coefficient (Wildman–Crippen LogP) is 1.66. The third kappa shape index (κ3) is 1.97. The van der Waals surface area contributed by atoms with Gasteiger partial charge in [-0.15, -0.1) is 5.10 Å². The van der Waals surface area contributed by atoms with Gasteiger partial charge < -0.3 is 17.2 Å². The Bertz CT molecular complexity index is 438. The summed E-state index contributed by atoms with van der Waals surface area (Å²) in [5.41, 5.74) is 1.00. The van der Waals surface area contributed by atoms with E-state index in [4.69, 9.17) is 12.6 Å². The van der Waals surface area contributed by atoms with Crippen molar-refractivity contribution >= 4 is 12.6 Å². The molecule has 2 aromatic heterocycles. The van der Waals surface area contributed by atoms with Crippen LogP contribution in [-0.2, 0) is 19.2 Å². The second-order valence-corrected chi connectivity index (χ2v) is 3.56. The van der Waals surface area contributed by atoms with E-state index in [0.717, 1.165) is 24.4 Å². The molecule has 0 saturated carbocycles. The van der Waals surface area contributed by atoms with Gasteiger partial charge in [0.05, 0.1) is 0 Å². The Morgan fingerprint density at radius 3 is 2.67 bits per heavy atom. The minimum atomic E-state index is 0.545. The van der Waals surface area contributed by atoms with Crippen LogP contribution in [0.3, 0.4) is 0 Å². The van der Waals surface area contributed by atoms with Crippen molar-refractivity contribution < 1.29 is 0 Å². The summed E-state index contributed by atoms with van der Waals surface area (Å²) < 4.78 is 1.95. The van der Waals surface area contributed by atoms with Gasteiger partial charge in [0.25, 0.3) is 0 Å². The third-order valence-corrected chi connectivity index (χ3v) is 2.40. The molecule has 0 aromatic carbocycles. The van der Waals surface area contributed by atoms with E-state index in [2.05, 4.69) is 22.1 Å². The first-order chi connectivity index (χ1) is 7.33. The van der Waals surface area contributed by atoms with Crippen LogP contribution in [0, 0.1) is 0 Å². The summed E-state index contributed by atoms with van der Waals surface area (Å²) in [5.74, 6) is 0.823. The zero-order valence-corrected chi connectivity index (χ0v) is 9.24. The third-order valence-electron chi connectivity index (χ3n) is 2.10. The monoisotopic (exact) mass is 219 g/mol. The first-order valence-electron chi connectivity index (χ1n) is 4.83. The molecule has 0 radical (unpaired) electrons. The molecule has 0 amide bonds. The van der Waals surface area contributed by atoms with Crippen LogP contribution in [0.4, 0.5) is 0 Å². The quantitative estimate of drug-likeness (QED) is 0.736. The Balaban J connectivity index is 2.44. The number of rotatable bonds is 3. The Morgan fingerprint density at radius 2 is 2.00 bits per heavy atom. The zero-order chi connectivity index (χ0) is 10.7. The number of hydrogen-bond donors (Lipinski definition) is 0. The molecule has 0 unspecified atom stereocenters. The largest absolute Gasteiger partial charge is 0.740 e. The summed E-state index contributed by atoms with van der Waals surface area (Å²) in [6, 6.07) is 3.82. The van der Waals surface area contributed by atoms with E-state index in [-0.39, 0.29) is 0 Å². The van der Waals surface area contributed by atoms with E-state index in [1.165, 1.54) is 0 Å². The Labute approximate surface area is 93.8 Å². The molecular formula is C10H11N4S-. The number of aromatic nitrogens is 4. The highest BCUT2D eigenvalue weighted by Gasteiger charge is 2.06. The maximum absolute atomic E-state index is 5.11. The Hall–Kier alpha value is -1.49. The van der Waals surface area contributed by atoms with Crippen molar-refractivity contribution in [2.75, 3.05) is 0 Å². The first-order valence-corrected chi connectivity index (χ1v) is 5.24. The summed E-state index contributed by atoms with van der Waals surface area (Å²) in [4.78, 5) is 3.97. The minimum absolute atomic E-state index is 0.545. The van der Waals surface area contributed by atoms with Gasteiger partial charge in [-0.1, -0.05) is 6.92 Å². The molecule has 4 nitrogen and oxygen atoms in total. The van der Waals surface area contributed by atoms with Crippen molar-refractivity contribution in [1.82, 2.24) is 19.7 Å². The molecule has 0 aliphatic heterocycles. The van der Waals surface area contributed by atoms with Crippen LogP contribution in [0.5, 0.6) is 0 Å². The number of hydrogen-bond acceptors (Lipinski definition) is 4. The van der Waals surface area contributed by atoms with E-state index >= 15 is 0 Å². The van der Waals surface area contributed by atoms with Gasteiger partial charge >= 0.3 is 0 Å². The van der Waals surface area contributed by atoms with Gasteiger partial charge in [0.2, 0.25) is 0 Å². The van der Waals surface area contributed by atoms with Gasteiger partial charge in [0, 0.05) is 29.7 Å². The molecule has 2 heterocycles. The average Bonchev–Trinajstić information content (AvgIpc) is 2.63. The van der Waals surface area contributed by atoms with Crippen LogP contribution in [0.1, 0.15) is 13.3 Å². The number of pyridine rings is 1. The molecule has 0 saturated heterocycles. The lowest BCUT2D eigenvalue weighted by atomic mass is 10.2. The standard InChI is InChI=1S/C10H12N4S/c1-2-7-14-9(12-13-10(14)15)8-3-5-11-6-4-8/h3-6H,2,7H2,1H3,(H,13,15)/p-1. The van der Waals surface area contributed by atoms with Crippen LogP contribution < -0.4 is 0 Å². The van der Waals surface area contributed by atoms with Gasteiger partial charge in [0.1, 0.15) is 0 Å². The van der Waals surface area contributed by atoms with Crippen LogP contribution in [0.25, 0.3) is 11.4 Å². The summed E-state index contributed by atoms with van der Waals surface area (Å²) in [6.45, 7) is 2.95. The van der Waals surface area contributed by atoms with Crippen LogP contribution in [-0.4, -0.2) is 19.7 Å². The highest BCUT2D eigenvalue weighted by Crippen LogP contribution is 2.17. The molecule has 2 aromatic rings. The maximum Gasteiger partial charge on any atom is 0.162 e. The Morgan fingerprint density at radius 1 is 1.27 bits per heavy atom. The topological polar surface area (TPSA) is 43.6 Å². The average molecular weight is 219 g/mol. The van der Waals surface area contributed by atoms with Gasteiger partial charge in [0.15, 0.2) is 5.82 Å². The summed E-state index contributed by atoms with van der Waals surface area (Å²) in [6.07, 6.45) is 4.49. The fraction of sp³-hybridized carbons (Fsp3) is 0.300. The lowest BCUT2D eigenvalue weighted by molar-refractivity contribution is 0.627. The molecule has 5 heteroatoms. The van der Waals surface area contributed by atoms with E-state index in [0.29, 0.717) is 5.16 Å². The SMILES string of the molecule is CCCn1c([S-])nnc1-c1ccncc1. The van der Waals surface area contributed by atoms with Crippen molar-refractivity contribution in [2.24, 2.45) is 0 Å². The molecule has 0 atom stereocenters. The highest BCUT2D eigenvalue weighted by molar-refractivity contribution is 7.58. The molecule has 0 N–H and O–H groups in total. The van der Waals surface area contributed by atoms with Crippen molar-refractivity contribution in [3.8, 4) is 11.4 Å². The fourth-order valence-electron chi connectivity index (χ4n) is 1.43. The number of nitrogens with zero attached hydrogens (tertiary/aromatic N) is 4. The molecular weight excluding hydrogens is 208 g/mol. The van der Waals surface area contributed by atoms with Gasteiger partial charge in [-0.2, -0.15) is 5.10 Å². The summed E-state index contributed by atoms with van der Waals surface area (Å²) in [7, 11) is 0. The van der Waals surface area contributed by atoms with Gasteiger partial charge in [-0.25, -0.2) is 0 Å². The molecule has 0 bridgehead atoms. The van der Waals surface area contributed by atoms with Crippen molar-refractivity contribution in [1.29, 1.82) is 0 Å². The molecule has 0 aliphatic carbocycles.